The zero-order valence-corrected chi connectivity index (χ0v) is 13.4. The summed E-state index contributed by atoms with van der Waals surface area (Å²) >= 11 is 0. The van der Waals surface area contributed by atoms with Gasteiger partial charge in [-0.15, -0.1) is 0 Å². The van der Waals surface area contributed by atoms with Gasteiger partial charge in [0.05, 0.1) is 12.2 Å². The van der Waals surface area contributed by atoms with Crippen molar-refractivity contribution in [1.82, 2.24) is 10.2 Å². The molecule has 5 nitrogen and oxygen atoms in total. The highest BCUT2D eigenvalue weighted by atomic mass is 16.5. The average Bonchev–Trinajstić information content (AvgIpc) is 2.83. The Hall–Kier alpha value is -0.810. The summed E-state index contributed by atoms with van der Waals surface area (Å²) in [6, 6.07) is 0. The number of ether oxygens (including phenoxy) is 1. The van der Waals surface area contributed by atoms with Crippen molar-refractivity contribution in [2.24, 2.45) is 10.9 Å². The van der Waals surface area contributed by atoms with Gasteiger partial charge in [-0.2, -0.15) is 0 Å². The van der Waals surface area contributed by atoms with Gasteiger partial charge in [-0.1, -0.05) is 13.8 Å². The van der Waals surface area contributed by atoms with Crippen LogP contribution in [0.15, 0.2) is 4.99 Å². The van der Waals surface area contributed by atoms with Crippen LogP contribution in [0.4, 0.5) is 0 Å². The number of aliphatic imine (C=N–C) groups is 1. The molecule has 1 saturated heterocycles. The van der Waals surface area contributed by atoms with Gasteiger partial charge in [0.2, 0.25) is 0 Å². The van der Waals surface area contributed by atoms with Crippen molar-refractivity contribution < 1.29 is 9.84 Å². The highest BCUT2D eigenvalue weighted by Crippen LogP contribution is 2.12. The molecule has 1 aliphatic heterocycles. The third-order valence-electron chi connectivity index (χ3n) is 3.60. The molecule has 0 spiro atoms. The van der Waals surface area contributed by atoms with E-state index in [0.29, 0.717) is 12.5 Å². The molecule has 2 atom stereocenters. The minimum absolute atomic E-state index is 0.217. The first kappa shape index (κ1) is 17.2. The number of β-amino-alcohol motifs (C(OH)–C–C–N with tert-alkyl or cyclic N) is 1. The van der Waals surface area contributed by atoms with Crippen LogP contribution in [0.25, 0.3) is 0 Å². The van der Waals surface area contributed by atoms with Gasteiger partial charge in [-0.3, -0.25) is 4.99 Å². The lowest BCUT2D eigenvalue weighted by Crippen LogP contribution is -2.40. The van der Waals surface area contributed by atoms with E-state index in [2.05, 4.69) is 36.0 Å². The lowest BCUT2D eigenvalue weighted by molar-refractivity contribution is 0.0266. The fourth-order valence-corrected chi connectivity index (χ4v) is 2.48. The van der Waals surface area contributed by atoms with Crippen molar-refractivity contribution in [1.29, 1.82) is 0 Å². The van der Waals surface area contributed by atoms with Crippen LogP contribution in [-0.2, 0) is 4.74 Å². The molecule has 0 aliphatic carbocycles. The van der Waals surface area contributed by atoms with E-state index >= 15 is 0 Å². The maximum absolute atomic E-state index is 9.63. The quantitative estimate of drug-likeness (QED) is 0.549. The number of likely N-dealkylation sites (tertiary alicyclic amines) is 1. The Labute approximate surface area is 123 Å². The van der Waals surface area contributed by atoms with Crippen molar-refractivity contribution >= 4 is 5.96 Å². The number of nitrogens with one attached hydrogen (secondary N) is 1. The monoisotopic (exact) mass is 285 g/mol. The largest absolute Gasteiger partial charge is 0.391 e. The van der Waals surface area contributed by atoms with E-state index in [9.17, 15) is 5.11 Å². The maximum Gasteiger partial charge on any atom is 0.194 e. The second kappa shape index (κ2) is 9.19. The number of aliphatic hydroxyl groups excluding tert-OH is 1. The molecule has 0 aromatic rings. The third kappa shape index (κ3) is 5.67. The topological polar surface area (TPSA) is 57.1 Å². The van der Waals surface area contributed by atoms with Gasteiger partial charge >= 0.3 is 0 Å². The molecule has 20 heavy (non-hydrogen) atoms. The molecule has 0 saturated carbocycles. The first-order valence-electron chi connectivity index (χ1n) is 7.91. The van der Waals surface area contributed by atoms with Crippen LogP contribution in [0, 0.1) is 5.92 Å². The molecular weight excluding hydrogens is 254 g/mol. The van der Waals surface area contributed by atoms with E-state index in [4.69, 9.17) is 4.74 Å². The summed E-state index contributed by atoms with van der Waals surface area (Å²) in [6.45, 7) is 12.4. The van der Waals surface area contributed by atoms with Gasteiger partial charge in [0.1, 0.15) is 0 Å². The molecular formula is C15H31N3O2. The fraction of sp³-hybridized carbons (Fsp3) is 0.933. The highest BCUT2D eigenvalue weighted by Gasteiger charge is 2.22. The second-order valence-electron chi connectivity index (χ2n) is 5.65. The summed E-state index contributed by atoms with van der Waals surface area (Å²) in [6.07, 6.45) is 1.83. The predicted molar refractivity (Wildman–Crippen MR) is 83.0 cm³/mol. The zero-order valence-electron chi connectivity index (χ0n) is 13.4. The third-order valence-corrected chi connectivity index (χ3v) is 3.60. The Bertz CT molecular complexity index is 295. The molecule has 5 heteroatoms. The number of hydrogen-bond donors (Lipinski definition) is 2. The van der Waals surface area contributed by atoms with E-state index < -0.39 is 0 Å². The zero-order chi connectivity index (χ0) is 15.0. The lowest BCUT2D eigenvalue weighted by Gasteiger charge is -2.22. The number of nitrogens with zero attached hydrogens (tertiary/aromatic N) is 2. The van der Waals surface area contributed by atoms with Gasteiger partial charge in [0.25, 0.3) is 0 Å². The van der Waals surface area contributed by atoms with Crippen molar-refractivity contribution in [2.75, 3.05) is 32.8 Å². The van der Waals surface area contributed by atoms with E-state index in [0.717, 1.165) is 45.0 Å². The summed E-state index contributed by atoms with van der Waals surface area (Å²) in [4.78, 5) is 6.81. The lowest BCUT2D eigenvalue weighted by atomic mass is 10.0. The molecule has 118 valence electrons. The molecule has 0 radical (unpaired) electrons. The highest BCUT2D eigenvalue weighted by molar-refractivity contribution is 5.80. The first-order valence-corrected chi connectivity index (χ1v) is 7.91. The molecule has 1 fully saturated rings. The number of rotatable bonds is 7. The van der Waals surface area contributed by atoms with E-state index in [1.807, 2.05) is 6.92 Å². The van der Waals surface area contributed by atoms with Crippen LogP contribution in [-0.4, -0.2) is 61.0 Å². The summed E-state index contributed by atoms with van der Waals surface area (Å²) in [5, 5.41) is 12.9. The van der Waals surface area contributed by atoms with E-state index in [1.165, 1.54) is 0 Å². The molecule has 0 aromatic carbocycles. The number of guanidine groups is 1. The molecule has 0 bridgehead atoms. The van der Waals surface area contributed by atoms with E-state index in [1.54, 1.807) is 0 Å². The van der Waals surface area contributed by atoms with Crippen LogP contribution in [0.3, 0.4) is 0 Å². The van der Waals surface area contributed by atoms with Crippen LogP contribution < -0.4 is 5.32 Å². The van der Waals surface area contributed by atoms with Crippen molar-refractivity contribution in [3.8, 4) is 0 Å². The molecule has 1 unspecified atom stereocenters. The molecule has 0 aromatic heterocycles. The van der Waals surface area contributed by atoms with E-state index in [-0.39, 0.29) is 12.2 Å². The van der Waals surface area contributed by atoms with Crippen LogP contribution in [0.5, 0.6) is 0 Å². The normalized spacial score (nSPS) is 21.6. The molecule has 1 aliphatic rings. The van der Waals surface area contributed by atoms with Gasteiger partial charge in [0, 0.05) is 32.8 Å². The fourth-order valence-electron chi connectivity index (χ4n) is 2.48. The van der Waals surface area contributed by atoms with Crippen molar-refractivity contribution in [3.05, 3.63) is 0 Å². The van der Waals surface area contributed by atoms with Gasteiger partial charge in [-0.05, 0) is 32.6 Å². The second-order valence-corrected chi connectivity index (χ2v) is 5.65. The van der Waals surface area contributed by atoms with Crippen LogP contribution in [0.2, 0.25) is 0 Å². The van der Waals surface area contributed by atoms with Gasteiger partial charge in [0.15, 0.2) is 5.96 Å². The van der Waals surface area contributed by atoms with Crippen LogP contribution >= 0.6 is 0 Å². The summed E-state index contributed by atoms with van der Waals surface area (Å²) in [7, 11) is 0. The van der Waals surface area contributed by atoms with Gasteiger partial charge < -0.3 is 20.1 Å². The van der Waals surface area contributed by atoms with Gasteiger partial charge in [-0.25, -0.2) is 0 Å². The first-order chi connectivity index (χ1) is 9.58. The number of hydrogen-bond acceptors (Lipinski definition) is 3. The Morgan fingerprint density at radius 1 is 1.45 bits per heavy atom. The Balaban J connectivity index is 2.49. The SMILES string of the molecule is CCNC(=NCCC(OCC)C(C)C)N1CC[C@@H](O)C1. The predicted octanol–water partition coefficient (Wildman–Crippen LogP) is 1.47. The van der Waals surface area contributed by atoms with Crippen molar-refractivity contribution in [3.63, 3.8) is 0 Å². The summed E-state index contributed by atoms with van der Waals surface area (Å²) < 4.78 is 5.74. The standard InChI is InChI=1S/C15H31N3O2/c1-5-16-15(18-10-8-13(19)11-18)17-9-7-14(12(3)4)20-6-2/h12-14,19H,5-11H2,1-4H3,(H,16,17)/t13-,14?/m1/s1. The smallest absolute Gasteiger partial charge is 0.194 e. The Morgan fingerprint density at radius 3 is 2.70 bits per heavy atom. The minimum Gasteiger partial charge on any atom is -0.391 e. The molecule has 1 rings (SSSR count). The Morgan fingerprint density at radius 2 is 2.20 bits per heavy atom. The average molecular weight is 285 g/mol. The maximum atomic E-state index is 9.63. The molecule has 2 N–H and O–H groups in total. The summed E-state index contributed by atoms with van der Waals surface area (Å²) in [5.41, 5.74) is 0. The van der Waals surface area contributed by atoms with Crippen molar-refractivity contribution in [2.45, 2.75) is 52.7 Å². The van der Waals surface area contributed by atoms with Crippen LogP contribution in [0.1, 0.15) is 40.5 Å². The molecule has 0 amide bonds. The molecule has 1 heterocycles. The summed E-state index contributed by atoms with van der Waals surface area (Å²) in [5.74, 6) is 1.43. The minimum atomic E-state index is -0.217. The number of aliphatic hydroxyl groups is 1. The Kier molecular flexibility index (Phi) is 7.92.